The van der Waals surface area contributed by atoms with Gasteiger partial charge < -0.3 is 0 Å². The van der Waals surface area contributed by atoms with E-state index in [0.29, 0.717) is 8.95 Å². The highest BCUT2D eigenvalue weighted by molar-refractivity contribution is 9.10. The molecule has 3 aromatic rings. The van der Waals surface area contributed by atoms with E-state index in [0.717, 1.165) is 11.6 Å². The smallest absolute Gasteiger partial charge is 0.207 e. The van der Waals surface area contributed by atoms with Crippen LogP contribution in [0.3, 0.4) is 0 Å². The molecule has 0 atom stereocenters. The van der Waals surface area contributed by atoms with Crippen LogP contribution < -0.4 is 0 Å². The van der Waals surface area contributed by atoms with Gasteiger partial charge in [-0.2, -0.15) is 0 Å². The molecular formula is C26H24Br2O6S3. The Morgan fingerprint density at radius 2 is 1.05 bits per heavy atom. The van der Waals surface area contributed by atoms with E-state index in [9.17, 15) is 25.3 Å². The summed E-state index contributed by atoms with van der Waals surface area (Å²) >= 11 is 6.52. The van der Waals surface area contributed by atoms with Gasteiger partial charge in [0.25, 0.3) is 0 Å². The SMILES string of the molecule is CC(C)=C(/C(=C/CS(=O)(=O)c1ccc(C)cc1)S(=O)(=O)c1ccc(Br)cc1)S(=O)(=O)c1ccc(Br)cc1. The van der Waals surface area contributed by atoms with Crippen LogP contribution in [0.2, 0.25) is 0 Å². The summed E-state index contributed by atoms with van der Waals surface area (Å²) in [6.07, 6.45) is 0.977. The van der Waals surface area contributed by atoms with Crippen molar-refractivity contribution in [3.05, 3.63) is 109 Å². The van der Waals surface area contributed by atoms with E-state index in [1.54, 1.807) is 12.1 Å². The number of allylic oxidation sites excluding steroid dienone is 1. The molecule has 0 bridgehead atoms. The third kappa shape index (κ3) is 6.69. The molecule has 0 N–H and O–H groups in total. The number of aryl methyl sites for hydroxylation is 1. The predicted molar refractivity (Wildman–Crippen MR) is 152 cm³/mol. The third-order valence-corrected chi connectivity index (χ3v) is 12.0. The van der Waals surface area contributed by atoms with Crippen molar-refractivity contribution in [1.82, 2.24) is 0 Å². The lowest BCUT2D eigenvalue weighted by Crippen LogP contribution is -2.17. The highest BCUT2D eigenvalue weighted by Crippen LogP contribution is 2.35. The molecule has 11 heteroatoms. The van der Waals surface area contributed by atoms with E-state index < -0.39 is 45.1 Å². The van der Waals surface area contributed by atoms with Crippen LogP contribution in [0.4, 0.5) is 0 Å². The topological polar surface area (TPSA) is 102 Å². The fraction of sp³-hybridized carbons (Fsp3) is 0.154. The summed E-state index contributed by atoms with van der Waals surface area (Å²) in [4.78, 5) is -1.33. The van der Waals surface area contributed by atoms with Gasteiger partial charge in [-0.05, 0) is 87.5 Å². The summed E-state index contributed by atoms with van der Waals surface area (Å²) in [5.74, 6) is -0.714. The van der Waals surface area contributed by atoms with Gasteiger partial charge in [0.05, 0.1) is 30.2 Å². The second-order valence-electron chi connectivity index (χ2n) is 8.41. The maximum atomic E-state index is 13.8. The molecule has 0 aliphatic carbocycles. The Labute approximate surface area is 235 Å². The van der Waals surface area contributed by atoms with Gasteiger partial charge in [-0.1, -0.05) is 55.1 Å². The quantitative estimate of drug-likeness (QED) is 0.253. The molecule has 0 spiro atoms. The fourth-order valence-electron chi connectivity index (χ4n) is 3.47. The number of benzene rings is 3. The number of hydrogen-bond donors (Lipinski definition) is 0. The van der Waals surface area contributed by atoms with Crippen LogP contribution in [-0.2, 0) is 29.5 Å². The summed E-state index contributed by atoms with van der Waals surface area (Å²) in [7, 11) is -12.8. The van der Waals surface area contributed by atoms with Gasteiger partial charge in [0.15, 0.2) is 9.84 Å². The molecule has 0 saturated heterocycles. The van der Waals surface area contributed by atoms with Crippen molar-refractivity contribution in [3.8, 4) is 0 Å². The minimum atomic E-state index is -4.44. The summed E-state index contributed by atoms with van der Waals surface area (Å²) in [6, 6.07) is 17.6. The van der Waals surface area contributed by atoms with Crippen LogP contribution in [0.1, 0.15) is 19.4 Å². The molecule has 0 amide bonds. The van der Waals surface area contributed by atoms with Crippen LogP contribution in [0, 0.1) is 6.92 Å². The first-order chi connectivity index (χ1) is 17.2. The zero-order valence-corrected chi connectivity index (χ0v) is 25.8. The minimum Gasteiger partial charge on any atom is -0.223 e. The standard InChI is InChI=1S/C26H24Br2O6S3/c1-18(2)26(37(33,34)24-14-8-21(28)9-15-24)25(36(31,32)23-12-6-20(27)7-13-23)16-17-35(29,30)22-10-4-19(3)5-11-22/h4-16H,17H2,1-3H3/b25-16-. The molecule has 196 valence electrons. The van der Waals surface area contributed by atoms with Crippen LogP contribution in [0.5, 0.6) is 0 Å². The van der Waals surface area contributed by atoms with Crippen molar-refractivity contribution in [2.75, 3.05) is 5.75 Å². The Kier molecular flexibility index (Phi) is 9.06. The molecule has 3 aromatic carbocycles. The molecule has 0 aliphatic heterocycles. The van der Waals surface area contributed by atoms with Crippen molar-refractivity contribution < 1.29 is 25.3 Å². The molecular weight excluding hydrogens is 664 g/mol. The number of halogens is 2. The maximum Gasteiger partial charge on any atom is 0.207 e. The van der Waals surface area contributed by atoms with Crippen LogP contribution in [0.25, 0.3) is 0 Å². The van der Waals surface area contributed by atoms with Crippen molar-refractivity contribution in [1.29, 1.82) is 0 Å². The lowest BCUT2D eigenvalue weighted by molar-refractivity contribution is 0.595. The second-order valence-corrected chi connectivity index (χ2v) is 16.1. The van der Waals surface area contributed by atoms with Crippen LogP contribution >= 0.6 is 31.9 Å². The first-order valence-corrected chi connectivity index (χ1v) is 17.1. The van der Waals surface area contributed by atoms with E-state index in [1.165, 1.54) is 74.5 Å². The Morgan fingerprint density at radius 1 is 0.649 bits per heavy atom. The molecule has 0 unspecified atom stereocenters. The number of rotatable bonds is 8. The molecule has 0 fully saturated rings. The number of sulfone groups is 3. The van der Waals surface area contributed by atoms with Gasteiger partial charge in [-0.3, -0.25) is 0 Å². The summed E-state index contributed by atoms with van der Waals surface area (Å²) < 4.78 is 82.6. The van der Waals surface area contributed by atoms with Crippen molar-refractivity contribution in [3.63, 3.8) is 0 Å². The molecule has 0 heterocycles. The summed E-state index contributed by atoms with van der Waals surface area (Å²) in [6.45, 7) is 4.77. The Balaban J connectivity index is 2.27. The maximum absolute atomic E-state index is 13.8. The molecule has 0 aliphatic rings. The third-order valence-electron chi connectivity index (χ3n) is 5.35. The molecule has 0 saturated carbocycles. The first kappa shape index (κ1) is 29.5. The van der Waals surface area contributed by atoms with Crippen molar-refractivity contribution >= 4 is 61.4 Å². The highest BCUT2D eigenvalue weighted by Gasteiger charge is 2.34. The molecule has 6 nitrogen and oxygen atoms in total. The monoisotopic (exact) mass is 686 g/mol. The van der Waals surface area contributed by atoms with E-state index in [-0.39, 0.29) is 20.3 Å². The van der Waals surface area contributed by atoms with Crippen LogP contribution in [-0.4, -0.2) is 31.0 Å². The Bertz CT molecular complexity index is 1680. The fourth-order valence-corrected chi connectivity index (χ4v) is 9.01. The van der Waals surface area contributed by atoms with Gasteiger partial charge in [-0.25, -0.2) is 25.3 Å². The zero-order valence-electron chi connectivity index (χ0n) is 20.1. The minimum absolute atomic E-state index is 0.00394. The average molecular weight is 688 g/mol. The van der Waals surface area contributed by atoms with Crippen molar-refractivity contribution in [2.45, 2.75) is 35.5 Å². The largest absolute Gasteiger partial charge is 0.223 e. The van der Waals surface area contributed by atoms with Gasteiger partial charge in [0.1, 0.15) is 0 Å². The van der Waals surface area contributed by atoms with E-state index in [2.05, 4.69) is 31.9 Å². The summed E-state index contributed by atoms with van der Waals surface area (Å²) in [5.41, 5.74) is 1.06. The predicted octanol–water partition coefficient (Wildman–Crippen LogP) is 6.42. The highest BCUT2D eigenvalue weighted by atomic mass is 79.9. The van der Waals surface area contributed by atoms with Crippen molar-refractivity contribution in [2.24, 2.45) is 0 Å². The Hall–Kier alpha value is -2.05. The molecule has 0 radical (unpaired) electrons. The van der Waals surface area contributed by atoms with Gasteiger partial charge in [-0.15, -0.1) is 0 Å². The van der Waals surface area contributed by atoms with E-state index >= 15 is 0 Å². The van der Waals surface area contributed by atoms with Crippen LogP contribution in [0.15, 0.2) is 118 Å². The van der Waals surface area contributed by atoms with Gasteiger partial charge >= 0.3 is 0 Å². The average Bonchev–Trinajstić information content (AvgIpc) is 2.82. The van der Waals surface area contributed by atoms with Gasteiger partial charge in [0, 0.05) is 8.95 Å². The van der Waals surface area contributed by atoms with E-state index in [1.807, 2.05) is 6.92 Å². The molecule has 0 aromatic heterocycles. The molecule has 37 heavy (non-hydrogen) atoms. The normalized spacial score (nSPS) is 12.8. The zero-order chi connectivity index (χ0) is 27.6. The second kappa shape index (κ2) is 11.4. The molecule has 3 rings (SSSR count). The Morgan fingerprint density at radius 3 is 1.49 bits per heavy atom. The number of hydrogen-bond acceptors (Lipinski definition) is 6. The first-order valence-electron chi connectivity index (χ1n) is 10.8. The van der Waals surface area contributed by atoms with Gasteiger partial charge in [0.2, 0.25) is 19.7 Å². The lowest BCUT2D eigenvalue weighted by Gasteiger charge is -2.17. The summed E-state index contributed by atoms with van der Waals surface area (Å²) in [5, 5.41) is 0. The van der Waals surface area contributed by atoms with E-state index in [4.69, 9.17) is 0 Å². The lowest BCUT2D eigenvalue weighted by atomic mass is 10.2.